The monoisotopic (exact) mass is 248 g/mol. The lowest BCUT2D eigenvalue weighted by molar-refractivity contribution is -0.142. The van der Waals surface area contributed by atoms with Gasteiger partial charge in [-0.25, -0.2) is 18.4 Å². The second-order valence-corrected chi connectivity index (χ2v) is 3.10. The van der Waals surface area contributed by atoms with Crippen LogP contribution in [0.25, 0.3) is 0 Å². The van der Waals surface area contributed by atoms with Crippen molar-refractivity contribution in [2.75, 3.05) is 13.2 Å². The van der Waals surface area contributed by atoms with Crippen molar-refractivity contribution < 1.29 is 27.8 Å². The summed E-state index contributed by atoms with van der Waals surface area (Å²) in [6, 6.07) is 0. The average Bonchev–Trinajstić information content (AvgIpc) is 2.27. The fourth-order valence-corrected chi connectivity index (χ4v) is 0.845. The Labute approximate surface area is 97.9 Å². The first-order valence-corrected chi connectivity index (χ1v) is 4.87. The van der Waals surface area contributed by atoms with Crippen LogP contribution in [0, 0.1) is 0 Å². The quantitative estimate of drug-likeness (QED) is 0.486. The fraction of sp³-hybridized carbons (Fsp3) is 0.455. The molecule has 0 spiro atoms. The first kappa shape index (κ1) is 15.3. The van der Waals surface area contributed by atoms with Gasteiger partial charge in [0.25, 0.3) is 5.92 Å². The van der Waals surface area contributed by atoms with Crippen molar-refractivity contribution in [2.24, 2.45) is 0 Å². The van der Waals surface area contributed by atoms with Crippen LogP contribution in [0.2, 0.25) is 0 Å². The summed E-state index contributed by atoms with van der Waals surface area (Å²) in [6.07, 6.45) is 0.532. The molecule has 0 N–H and O–H groups in total. The Bertz CT molecular complexity index is 272. The fourth-order valence-electron chi connectivity index (χ4n) is 0.845. The molecule has 0 fully saturated rings. The largest absolute Gasteiger partial charge is 0.462 e. The third kappa shape index (κ3) is 8.12. The first-order chi connectivity index (χ1) is 7.91. The maximum absolute atomic E-state index is 13.1. The summed E-state index contributed by atoms with van der Waals surface area (Å²) in [7, 11) is 0. The zero-order valence-corrected chi connectivity index (χ0v) is 9.29. The summed E-state index contributed by atoms with van der Waals surface area (Å²) in [4.78, 5) is 21.1. The normalized spacial score (nSPS) is 10.5. The van der Waals surface area contributed by atoms with E-state index in [1.54, 1.807) is 0 Å². The van der Waals surface area contributed by atoms with Gasteiger partial charge in [0.2, 0.25) is 0 Å². The molecule has 0 aliphatic heterocycles. The lowest BCUT2D eigenvalue weighted by Crippen LogP contribution is -2.22. The van der Waals surface area contributed by atoms with Crippen molar-refractivity contribution in [3.8, 4) is 0 Å². The average molecular weight is 248 g/mol. The Balaban J connectivity index is 3.79. The number of halogens is 2. The lowest BCUT2D eigenvalue weighted by Gasteiger charge is -2.15. The van der Waals surface area contributed by atoms with Gasteiger partial charge in [0.15, 0.2) is 0 Å². The second kappa shape index (κ2) is 7.54. The van der Waals surface area contributed by atoms with Gasteiger partial charge in [0.05, 0.1) is 13.2 Å². The van der Waals surface area contributed by atoms with E-state index in [1.165, 1.54) is 0 Å². The van der Waals surface area contributed by atoms with Gasteiger partial charge in [-0.05, 0) is 0 Å². The number of hydrogen-bond donors (Lipinski definition) is 0. The van der Waals surface area contributed by atoms with E-state index in [1.807, 2.05) is 0 Å². The Morgan fingerprint density at radius 3 is 1.65 bits per heavy atom. The number of alkyl halides is 2. The minimum Gasteiger partial charge on any atom is -0.462 e. The van der Waals surface area contributed by atoms with Crippen LogP contribution in [0.1, 0.15) is 12.8 Å². The van der Waals surface area contributed by atoms with Crippen LogP contribution in [-0.4, -0.2) is 31.1 Å². The van der Waals surface area contributed by atoms with Crippen LogP contribution in [0.5, 0.6) is 0 Å². The zero-order valence-electron chi connectivity index (χ0n) is 9.29. The molecule has 96 valence electrons. The molecular formula is C11H14F2O4. The first-order valence-electron chi connectivity index (χ1n) is 4.87. The number of ether oxygens (including phenoxy) is 2. The molecule has 0 saturated carbocycles. The summed E-state index contributed by atoms with van der Waals surface area (Å²) < 4.78 is 35.0. The maximum Gasteiger partial charge on any atom is 0.330 e. The molecule has 0 aromatic rings. The van der Waals surface area contributed by atoms with E-state index < -0.39 is 43.9 Å². The Morgan fingerprint density at radius 1 is 1.00 bits per heavy atom. The van der Waals surface area contributed by atoms with Crippen LogP contribution in [0.4, 0.5) is 8.78 Å². The van der Waals surface area contributed by atoms with E-state index >= 15 is 0 Å². The summed E-state index contributed by atoms with van der Waals surface area (Å²) in [5.41, 5.74) is 0. The van der Waals surface area contributed by atoms with E-state index in [2.05, 4.69) is 22.6 Å². The van der Waals surface area contributed by atoms with Gasteiger partial charge in [-0.15, -0.1) is 0 Å². The summed E-state index contributed by atoms with van der Waals surface area (Å²) in [5, 5.41) is 0. The van der Waals surface area contributed by atoms with Crippen LogP contribution in [0.15, 0.2) is 25.3 Å². The second-order valence-electron chi connectivity index (χ2n) is 3.10. The topological polar surface area (TPSA) is 52.6 Å². The molecule has 0 aliphatic rings. The van der Waals surface area contributed by atoms with Gasteiger partial charge in [-0.3, -0.25) is 0 Å². The highest BCUT2D eigenvalue weighted by Crippen LogP contribution is 2.22. The molecule has 0 unspecified atom stereocenters. The molecule has 0 aliphatic carbocycles. The maximum atomic E-state index is 13.1. The van der Waals surface area contributed by atoms with Crippen molar-refractivity contribution in [1.82, 2.24) is 0 Å². The molecule has 0 radical (unpaired) electrons. The molecule has 6 heteroatoms. The Hall–Kier alpha value is -1.72. The molecule has 4 nitrogen and oxygen atoms in total. The SMILES string of the molecule is C=CC(=O)OCCC(F)(F)CCOC(=O)C=C. The highest BCUT2D eigenvalue weighted by atomic mass is 19.3. The third-order valence-corrected chi connectivity index (χ3v) is 1.76. The van der Waals surface area contributed by atoms with E-state index in [-0.39, 0.29) is 0 Å². The molecular weight excluding hydrogens is 234 g/mol. The van der Waals surface area contributed by atoms with Crippen molar-refractivity contribution in [3.63, 3.8) is 0 Å². The number of esters is 2. The number of rotatable bonds is 8. The molecule has 0 atom stereocenters. The van der Waals surface area contributed by atoms with Gasteiger partial charge in [0.1, 0.15) is 0 Å². The predicted molar refractivity (Wildman–Crippen MR) is 56.5 cm³/mol. The van der Waals surface area contributed by atoms with E-state index in [0.29, 0.717) is 0 Å². The molecule has 0 bridgehead atoms. The molecule has 0 rings (SSSR count). The third-order valence-electron chi connectivity index (χ3n) is 1.76. The van der Waals surface area contributed by atoms with E-state index in [0.717, 1.165) is 12.2 Å². The molecule has 17 heavy (non-hydrogen) atoms. The standard InChI is InChI=1S/C11H14F2O4/c1-3-9(14)16-7-5-11(12,13)6-8-17-10(15)4-2/h3-4H,1-2,5-8H2. The highest BCUT2D eigenvalue weighted by molar-refractivity contribution is 5.81. The van der Waals surface area contributed by atoms with Crippen LogP contribution in [0.3, 0.4) is 0 Å². The van der Waals surface area contributed by atoms with Gasteiger partial charge < -0.3 is 9.47 Å². The smallest absolute Gasteiger partial charge is 0.330 e. The van der Waals surface area contributed by atoms with Crippen molar-refractivity contribution in [1.29, 1.82) is 0 Å². The molecule has 0 amide bonds. The Kier molecular flexibility index (Phi) is 6.77. The van der Waals surface area contributed by atoms with Crippen molar-refractivity contribution >= 4 is 11.9 Å². The molecule has 0 aromatic carbocycles. The van der Waals surface area contributed by atoms with E-state index in [4.69, 9.17) is 0 Å². The lowest BCUT2D eigenvalue weighted by atomic mass is 10.2. The minimum atomic E-state index is -3.05. The Morgan fingerprint density at radius 2 is 1.35 bits per heavy atom. The van der Waals surface area contributed by atoms with Gasteiger partial charge in [-0.1, -0.05) is 13.2 Å². The highest BCUT2D eigenvalue weighted by Gasteiger charge is 2.29. The molecule has 0 heterocycles. The minimum absolute atomic E-state index is 0.409. The number of carbonyl (C=O) groups is 2. The van der Waals surface area contributed by atoms with E-state index in [9.17, 15) is 18.4 Å². The van der Waals surface area contributed by atoms with Crippen molar-refractivity contribution in [3.05, 3.63) is 25.3 Å². The molecule has 0 saturated heterocycles. The molecule has 0 aromatic heterocycles. The van der Waals surface area contributed by atoms with Gasteiger partial charge in [0, 0.05) is 25.0 Å². The van der Waals surface area contributed by atoms with Gasteiger partial charge in [-0.2, -0.15) is 0 Å². The number of hydrogen-bond acceptors (Lipinski definition) is 4. The van der Waals surface area contributed by atoms with Gasteiger partial charge >= 0.3 is 11.9 Å². The van der Waals surface area contributed by atoms with Crippen LogP contribution >= 0.6 is 0 Å². The van der Waals surface area contributed by atoms with Crippen LogP contribution < -0.4 is 0 Å². The number of carbonyl (C=O) groups excluding carboxylic acids is 2. The summed E-state index contributed by atoms with van der Waals surface area (Å²) in [5.74, 6) is -4.55. The van der Waals surface area contributed by atoms with Crippen LogP contribution in [-0.2, 0) is 19.1 Å². The predicted octanol–water partition coefficient (Wildman–Crippen LogP) is 1.86. The van der Waals surface area contributed by atoms with Crippen molar-refractivity contribution in [2.45, 2.75) is 18.8 Å². The summed E-state index contributed by atoms with van der Waals surface area (Å²) in [6.45, 7) is 5.43. The zero-order chi connectivity index (χ0) is 13.3. The summed E-state index contributed by atoms with van der Waals surface area (Å²) >= 11 is 0.